The van der Waals surface area contributed by atoms with Crippen molar-refractivity contribution in [2.75, 3.05) is 6.54 Å². The molecule has 0 spiro atoms. The number of carbonyl (C=O) groups excluding carboxylic acids is 1. The lowest BCUT2D eigenvalue weighted by Gasteiger charge is -2.28. The number of amides is 1. The van der Waals surface area contributed by atoms with Crippen LogP contribution in [0.3, 0.4) is 0 Å². The number of carbonyl (C=O) groups is 1. The summed E-state index contributed by atoms with van der Waals surface area (Å²) in [6.07, 6.45) is 2.02. The molecule has 2 rings (SSSR count). The van der Waals surface area contributed by atoms with E-state index < -0.39 is 0 Å². The first-order valence-corrected chi connectivity index (χ1v) is 7.44. The number of benzene rings is 1. The highest BCUT2D eigenvalue weighted by atomic mass is 127. The monoisotopic (exact) mass is 358 g/mol. The summed E-state index contributed by atoms with van der Waals surface area (Å²) in [6, 6.07) is 6.64. The zero-order valence-electron chi connectivity index (χ0n) is 10.8. The first-order valence-electron chi connectivity index (χ1n) is 6.36. The van der Waals surface area contributed by atoms with Crippen LogP contribution in [-0.4, -0.2) is 24.5 Å². The minimum Gasteiger partial charge on any atom is -0.349 e. The number of aryl methyl sites for hydroxylation is 1. The lowest BCUT2D eigenvalue weighted by atomic mass is 10.00. The summed E-state index contributed by atoms with van der Waals surface area (Å²) in [4.78, 5) is 12.1. The van der Waals surface area contributed by atoms with Crippen molar-refractivity contribution >= 4 is 28.5 Å². The Morgan fingerprint density at radius 2 is 2.28 bits per heavy atom. The molecule has 1 aliphatic heterocycles. The van der Waals surface area contributed by atoms with Gasteiger partial charge in [0.1, 0.15) is 0 Å². The van der Waals surface area contributed by atoms with Crippen LogP contribution in [0.25, 0.3) is 0 Å². The fraction of sp³-hybridized carbons (Fsp3) is 0.500. The van der Waals surface area contributed by atoms with E-state index in [1.54, 1.807) is 0 Å². The topological polar surface area (TPSA) is 41.1 Å². The first-order chi connectivity index (χ1) is 8.56. The van der Waals surface area contributed by atoms with Gasteiger partial charge >= 0.3 is 0 Å². The van der Waals surface area contributed by atoms with E-state index in [0.717, 1.165) is 28.5 Å². The smallest absolute Gasteiger partial charge is 0.251 e. The molecule has 1 fully saturated rings. The Hall–Kier alpha value is -0.620. The SMILES string of the molecule is Cc1ccc(C(=O)NC2CCNC(C)C2)cc1I. The lowest BCUT2D eigenvalue weighted by Crippen LogP contribution is -2.46. The summed E-state index contributed by atoms with van der Waals surface area (Å²) in [5, 5.41) is 6.52. The predicted molar refractivity (Wildman–Crippen MR) is 81.8 cm³/mol. The predicted octanol–water partition coefficient (Wildman–Crippen LogP) is 2.47. The fourth-order valence-electron chi connectivity index (χ4n) is 2.27. The number of halogens is 1. The van der Waals surface area contributed by atoms with E-state index in [1.807, 2.05) is 18.2 Å². The molecule has 18 heavy (non-hydrogen) atoms. The Bertz CT molecular complexity index is 447. The second-order valence-electron chi connectivity index (χ2n) is 5.01. The van der Waals surface area contributed by atoms with Crippen molar-refractivity contribution in [2.45, 2.75) is 38.8 Å². The molecule has 98 valence electrons. The minimum atomic E-state index is 0.0482. The molecule has 1 heterocycles. The molecule has 3 nitrogen and oxygen atoms in total. The molecule has 1 aromatic carbocycles. The summed E-state index contributed by atoms with van der Waals surface area (Å²) in [6.45, 7) is 5.20. The van der Waals surface area contributed by atoms with Gasteiger partial charge in [0.15, 0.2) is 0 Å². The van der Waals surface area contributed by atoms with Gasteiger partial charge in [0, 0.05) is 21.2 Å². The van der Waals surface area contributed by atoms with Gasteiger partial charge in [0.2, 0.25) is 0 Å². The van der Waals surface area contributed by atoms with Crippen LogP contribution in [0.2, 0.25) is 0 Å². The van der Waals surface area contributed by atoms with E-state index in [9.17, 15) is 4.79 Å². The highest BCUT2D eigenvalue weighted by Gasteiger charge is 2.20. The standard InChI is InChI=1S/C14H19IN2O/c1-9-3-4-11(8-13(9)15)14(18)17-12-5-6-16-10(2)7-12/h3-4,8,10,12,16H,5-7H2,1-2H3,(H,17,18). The molecule has 2 atom stereocenters. The van der Waals surface area contributed by atoms with Crippen molar-refractivity contribution in [3.63, 3.8) is 0 Å². The summed E-state index contributed by atoms with van der Waals surface area (Å²) in [7, 11) is 0. The second kappa shape index (κ2) is 6.02. The van der Waals surface area contributed by atoms with Gasteiger partial charge in [0.25, 0.3) is 5.91 Å². The maximum absolute atomic E-state index is 12.1. The van der Waals surface area contributed by atoms with Crippen LogP contribution >= 0.6 is 22.6 Å². The molecule has 0 saturated carbocycles. The van der Waals surface area contributed by atoms with Crippen LogP contribution < -0.4 is 10.6 Å². The highest BCUT2D eigenvalue weighted by molar-refractivity contribution is 14.1. The second-order valence-corrected chi connectivity index (χ2v) is 6.18. The van der Waals surface area contributed by atoms with Crippen molar-refractivity contribution in [1.29, 1.82) is 0 Å². The average molecular weight is 358 g/mol. The van der Waals surface area contributed by atoms with E-state index in [-0.39, 0.29) is 5.91 Å². The molecule has 4 heteroatoms. The fourth-order valence-corrected chi connectivity index (χ4v) is 2.78. The maximum Gasteiger partial charge on any atom is 0.251 e. The van der Waals surface area contributed by atoms with Gasteiger partial charge in [-0.25, -0.2) is 0 Å². The van der Waals surface area contributed by atoms with Crippen LogP contribution in [0, 0.1) is 10.5 Å². The van der Waals surface area contributed by atoms with Gasteiger partial charge in [-0.2, -0.15) is 0 Å². The summed E-state index contributed by atoms with van der Waals surface area (Å²) in [5.74, 6) is 0.0482. The molecule has 1 saturated heterocycles. The molecule has 0 aromatic heterocycles. The van der Waals surface area contributed by atoms with E-state index in [1.165, 1.54) is 5.56 Å². The normalized spacial score (nSPS) is 23.7. The van der Waals surface area contributed by atoms with Crippen LogP contribution in [-0.2, 0) is 0 Å². The Morgan fingerprint density at radius 1 is 1.50 bits per heavy atom. The van der Waals surface area contributed by atoms with Crippen LogP contribution in [0.1, 0.15) is 35.7 Å². The Kier molecular flexibility index (Phi) is 4.61. The molecule has 2 N–H and O–H groups in total. The molecule has 0 bridgehead atoms. The van der Waals surface area contributed by atoms with E-state index in [2.05, 4.69) is 47.1 Å². The van der Waals surface area contributed by atoms with Crippen molar-refractivity contribution in [2.24, 2.45) is 0 Å². The van der Waals surface area contributed by atoms with Crippen molar-refractivity contribution in [3.8, 4) is 0 Å². The lowest BCUT2D eigenvalue weighted by molar-refractivity contribution is 0.0925. The number of rotatable bonds is 2. The summed E-state index contributed by atoms with van der Waals surface area (Å²) >= 11 is 2.27. The third-order valence-corrected chi connectivity index (χ3v) is 4.56. The van der Waals surface area contributed by atoms with E-state index in [0.29, 0.717) is 12.1 Å². The van der Waals surface area contributed by atoms with Crippen LogP contribution in [0.4, 0.5) is 0 Å². The quantitative estimate of drug-likeness (QED) is 0.798. The first kappa shape index (κ1) is 13.8. The zero-order chi connectivity index (χ0) is 13.1. The molecule has 1 aromatic rings. The zero-order valence-corrected chi connectivity index (χ0v) is 13.0. The van der Waals surface area contributed by atoms with Gasteiger partial charge in [-0.15, -0.1) is 0 Å². The van der Waals surface area contributed by atoms with Gasteiger partial charge < -0.3 is 10.6 Å². The Morgan fingerprint density at radius 3 is 2.94 bits per heavy atom. The Balaban J connectivity index is 2.00. The number of piperidine rings is 1. The number of hydrogen-bond donors (Lipinski definition) is 2. The molecule has 0 aliphatic carbocycles. The molecular formula is C14H19IN2O. The third-order valence-electron chi connectivity index (χ3n) is 3.39. The number of nitrogens with one attached hydrogen (secondary N) is 2. The largest absolute Gasteiger partial charge is 0.349 e. The van der Waals surface area contributed by atoms with Gasteiger partial charge in [-0.1, -0.05) is 6.07 Å². The van der Waals surface area contributed by atoms with Gasteiger partial charge in [-0.3, -0.25) is 4.79 Å². The molecule has 0 radical (unpaired) electrons. The maximum atomic E-state index is 12.1. The summed E-state index contributed by atoms with van der Waals surface area (Å²) in [5.41, 5.74) is 1.97. The van der Waals surface area contributed by atoms with Gasteiger partial charge in [0.05, 0.1) is 0 Å². The molecule has 1 aliphatic rings. The van der Waals surface area contributed by atoms with Crippen LogP contribution in [0.15, 0.2) is 18.2 Å². The highest BCUT2D eigenvalue weighted by Crippen LogP contribution is 2.14. The number of hydrogen-bond acceptors (Lipinski definition) is 2. The molecular weight excluding hydrogens is 339 g/mol. The van der Waals surface area contributed by atoms with Crippen LogP contribution in [0.5, 0.6) is 0 Å². The van der Waals surface area contributed by atoms with Crippen molar-refractivity contribution < 1.29 is 4.79 Å². The minimum absolute atomic E-state index is 0.0482. The van der Waals surface area contributed by atoms with E-state index in [4.69, 9.17) is 0 Å². The Labute approximate surface area is 122 Å². The van der Waals surface area contributed by atoms with Gasteiger partial charge in [-0.05, 0) is 73.5 Å². The van der Waals surface area contributed by atoms with Crippen molar-refractivity contribution in [1.82, 2.24) is 10.6 Å². The van der Waals surface area contributed by atoms with E-state index >= 15 is 0 Å². The molecule has 2 unspecified atom stereocenters. The third kappa shape index (κ3) is 3.45. The average Bonchev–Trinajstić information content (AvgIpc) is 2.32. The van der Waals surface area contributed by atoms with Crippen molar-refractivity contribution in [3.05, 3.63) is 32.9 Å². The molecule has 1 amide bonds. The summed E-state index contributed by atoms with van der Waals surface area (Å²) < 4.78 is 1.14.